The molecule has 4 aromatic rings. The molecule has 0 radical (unpaired) electrons. The van der Waals surface area contributed by atoms with Gasteiger partial charge < -0.3 is 9.47 Å². The van der Waals surface area contributed by atoms with Crippen LogP contribution in [0.15, 0.2) is 101 Å². The molecule has 170 valence electrons. The fourth-order valence-electron chi connectivity index (χ4n) is 3.40. The van der Waals surface area contributed by atoms with Crippen LogP contribution in [0.3, 0.4) is 0 Å². The third-order valence-corrected chi connectivity index (χ3v) is 6.36. The van der Waals surface area contributed by atoms with Crippen molar-refractivity contribution in [3.63, 3.8) is 0 Å². The Morgan fingerprint density at radius 1 is 0.735 bits per heavy atom. The van der Waals surface area contributed by atoms with Crippen LogP contribution in [0.2, 0.25) is 5.02 Å². The van der Waals surface area contributed by atoms with Crippen molar-refractivity contribution in [3.05, 3.63) is 96.1 Å². The lowest BCUT2D eigenvalue weighted by molar-refractivity contribution is -0.130. The molecule has 0 unspecified atom stereocenters. The third-order valence-electron chi connectivity index (χ3n) is 5.04. The number of carbonyl (C=O) groups excluding carboxylic acids is 2. The minimum atomic E-state index is -0.538. The summed E-state index contributed by atoms with van der Waals surface area (Å²) in [6.07, 6.45) is 0. The molecule has 0 atom stereocenters. The fourth-order valence-corrected chi connectivity index (χ4v) is 4.51. The lowest BCUT2D eigenvalue weighted by atomic mass is 10.0. The highest BCUT2D eigenvalue weighted by Gasteiger charge is 2.23. The maximum atomic E-state index is 12.6. The van der Waals surface area contributed by atoms with Gasteiger partial charge in [0.05, 0.1) is 0 Å². The van der Waals surface area contributed by atoms with Gasteiger partial charge >= 0.3 is 11.9 Å². The zero-order chi connectivity index (χ0) is 24.4. The summed E-state index contributed by atoms with van der Waals surface area (Å²) in [6, 6.07) is 20.4. The van der Waals surface area contributed by atoms with E-state index in [1.54, 1.807) is 13.8 Å². The van der Waals surface area contributed by atoms with Crippen LogP contribution < -0.4 is 9.47 Å². The molecule has 0 fully saturated rings. The second kappa shape index (κ2) is 9.75. The third kappa shape index (κ3) is 4.72. The lowest BCUT2D eigenvalue weighted by Gasteiger charge is -2.18. The van der Waals surface area contributed by atoms with E-state index >= 15 is 0 Å². The van der Waals surface area contributed by atoms with Crippen LogP contribution in [0.25, 0.3) is 21.5 Å². The highest BCUT2D eigenvalue weighted by atomic mass is 35.5. The maximum absolute atomic E-state index is 12.6. The molecule has 6 heteroatoms. The minimum Gasteiger partial charge on any atom is -0.422 e. The van der Waals surface area contributed by atoms with E-state index in [1.165, 1.54) is 11.8 Å². The molecular formula is C28H21ClO4S. The number of hydrogen-bond acceptors (Lipinski definition) is 5. The Bertz CT molecular complexity index is 1470. The zero-order valence-corrected chi connectivity index (χ0v) is 20.3. The molecule has 34 heavy (non-hydrogen) atoms. The van der Waals surface area contributed by atoms with Gasteiger partial charge in [-0.1, -0.05) is 72.9 Å². The molecule has 0 aliphatic rings. The summed E-state index contributed by atoms with van der Waals surface area (Å²) in [5.74, 6) is -0.309. The second-order valence-corrected chi connectivity index (χ2v) is 9.33. The largest absolute Gasteiger partial charge is 0.422 e. The summed E-state index contributed by atoms with van der Waals surface area (Å²) in [5.41, 5.74) is 0.555. The molecule has 0 spiro atoms. The molecule has 0 heterocycles. The van der Waals surface area contributed by atoms with Crippen molar-refractivity contribution in [3.8, 4) is 11.5 Å². The first-order chi connectivity index (χ1) is 16.3. The van der Waals surface area contributed by atoms with Gasteiger partial charge in [0.15, 0.2) is 0 Å². The van der Waals surface area contributed by atoms with Crippen molar-refractivity contribution in [2.75, 3.05) is 0 Å². The number of ether oxygens (including phenoxy) is 2. The summed E-state index contributed by atoms with van der Waals surface area (Å²) in [6.45, 7) is 10.6. The van der Waals surface area contributed by atoms with Gasteiger partial charge in [-0.15, -0.1) is 0 Å². The monoisotopic (exact) mass is 488 g/mol. The Hall–Kier alpha value is -3.54. The highest BCUT2D eigenvalue weighted by molar-refractivity contribution is 7.99. The van der Waals surface area contributed by atoms with Gasteiger partial charge in [-0.25, -0.2) is 9.59 Å². The van der Waals surface area contributed by atoms with E-state index in [4.69, 9.17) is 21.1 Å². The number of esters is 2. The SMILES string of the molecule is C=C(C)C(=O)Oc1c2ccccc2c(OC(=O)C(=C)C)c2c(Sc3ccc(Cl)cc3)cccc12. The molecule has 0 amide bonds. The predicted octanol–water partition coefficient (Wildman–Crippen LogP) is 7.76. The van der Waals surface area contributed by atoms with Gasteiger partial charge in [-0.2, -0.15) is 0 Å². The smallest absolute Gasteiger partial charge is 0.338 e. The van der Waals surface area contributed by atoms with E-state index < -0.39 is 11.9 Å². The first kappa shape index (κ1) is 23.6. The number of halogens is 1. The van der Waals surface area contributed by atoms with E-state index in [2.05, 4.69) is 13.2 Å². The molecule has 0 aliphatic carbocycles. The van der Waals surface area contributed by atoms with Crippen LogP contribution in [0.5, 0.6) is 11.5 Å². The molecule has 0 saturated heterocycles. The summed E-state index contributed by atoms with van der Waals surface area (Å²) >= 11 is 7.54. The van der Waals surface area contributed by atoms with Crippen molar-refractivity contribution in [1.82, 2.24) is 0 Å². The van der Waals surface area contributed by atoms with Gasteiger partial charge in [0.1, 0.15) is 11.5 Å². The van der Waals surface area contributed by atoms with Gasteiger partial charge in [-0.05, 0) is 44.2 Å². The average molecular weight is 489 g/mol. The van der Waals surface area contributed by atoms with Crippen LogP contribution in [0, 0.1) is 0 Å². The molecule has 0 saturated carbocycles. The van der Waals surface area contributed by atoms with Crippen molar-refractivity contribution < 1.29 is 19.1 Å². The van der Waals surface area contributed by atoms with Gasteiger partial charge in [0, 0.05) is 47.5 Å². The number of carbonyl (C=O) groups is 2. The minimum absolute atomic E-state index is 0.276. The van der Waals surface area contributed by atoms with E-state index in [0.717, 1.165) is 9.79 Å². The average Bonchev–Trinajstić information content (AvgIpc) is 2.82. The highest BCUT2D eigenvalue weighted by Crippen LogP contribution is 2.47. The summed E-state index contributed by atoms with van der Waals surface area (Å²) in [7, 11) is 0. The van der Waals surface area contributed by atoms with E-state index in [0.29, 0.717) is 38.1 Å². The Morgan fingerprint density at radius 3 is 1.85 bits per heavy atom. The number of rotatable bonds is 6. The van der Waals surface area contributed by atoms with Crippen molar-refractivity contribution in [2.45, 2.75) is 23.6 Å². The first-order valence-electron chi connectivity index (χ1n) is 10.4. The van der Waals surface area contributed by atoms with E-state index in [-0.39, 0.29) is 11.1 Å². The first-order valence-corrected chi connectivity index (χ1v) is 11.6. The second-order valence-electron chi connectivity index (χ2n) is 7.78. The van der Waals surface area contributed by atoms with Gasteiger partial charge in [0.25, 0.3) is 0 Å². The lowest BCUT2D eigenvalue weighted by Crippen LogP contribution is -2.11. The Kier molecular flexibility index (Phi) is 6.77. The Labute approximate surface area is 206 Å². The van der Waals surface area contributed by atoms with Crippen LogP contribution in [-0.2, 0) is 9.59 Å². The van der Waals surface area contributed by atoms with E-state index in [9.17, 15) is 9.59 Å². The van der Waals surface area contributed by atoms with Crippen LogP contribution in [-0.4, -0.2) is 11.9 Å². The fraction of sp³-hybridized carbons (Fsp3) is 0.0714. The summed E-state index contributed by atoms with van der Waals surface area (Å²) < 4.78 is 11.7. The normalized spacial score (nSPS) is 10.8. The van der Waals surface area contributed by atoms with Crippen molar-refractivity contribution in [1.29, 1.82) is 0 Å². The van der Waals surface area contributed by atoms with Crippen molar-refractivity contribution >= 4 is 56.8 Å². The van der Waals surface area contributed by atoms with E-state index in [1.807, 2.05) is 66.7 Å². The number of hydrogen-bond donors (Lipinski definition) is 0. The quantitative estimate of drug-likeness (QED) is 0.120. The Balaban J connectivity index is 2.05. The van der Waals surface area contributed by atoms with Crippen molar-refractivity contribution in [2.24, 2.45) is 0 Å². The molecule has 4 nitrogen and oxygen atoms in total. The van der Waals surface area contributed by atoms with Crippen LogP contribution >= 0.6 is 23.4 Å². The zero-order valence-electron chi connectivity index (χ0n) is 18.7. The topological polar surface area (TPSA) is 52.6 Å². The number of benzene rings is 4. The predicted molar refractivity (Wildman–Crippen MR) is 138 cm³/mol. The summed E-state index contributed by atoms with van der Waals surface area (Å²) in [4.78, 5) is 26.9. The molecule has 0 N–H and O–H groups in total. The standard InChI is InChI=1S/C28H21ClO4S/c1-16(2)27(30)32-25-20-8-5-6-9-21(20)26(33-28(31)17(3)4)24-22(25)10-7-11-23(24)34-19-14-12-18(29)13-15-19/h5-15H,1,3H2,2,4H3. The summed E-state index contributed by atoms with van der Waals surface area (Å²) in [5, 5.41) is 3.21. The molecule has 4 rings (SSSR count). The van der Waals surface area contributed by atoms with Crippen LogP contribution in [0.1, 0.15) is 13.8 Å². The molecule has 4 aromatic carbocycles. The van der Waals surface area contributed by atoms with Gasteiger partial charge in [0.2, 0.25) is 0 Å². The number of fused-ring (bicyclic) bond motifs is 2. The molecule has 0 aliphatic heterocycles. The molecule has 0 aromatic heterocycles. The van der Waals surface area contributed by atoms with Gasteiger partial charge in [-0.3, -0.25) is 0 Å². The maximum Gasteiger partial charge on any atom is 0.338 e. The molecular weight excluding hydrogens is 468 g/mol. The van der Waals surface area contributed by atoms with Crippen LogP contribution in [0.4, 0.5) is 0 Å². The molecule has 0 bridgehead atoms. The Morgan fingerprint density at radius 2 is 1.26 bits per heavy atom.